The summed E-state index contributed by atoms with van der Waals surface area (Å²) in [6.45, 7) is 7.92. The van der Waals surface area contributed by atoms with Gasteiger partial charge in [-0.3, -0.25) is 0 Å². The molecule has 1 aromatic heterocycles. The summed E-state index contributed by atoms with van der Waals surface area (Å²) in [6, 6.07) is 8.27. The number of rotatable bonds is 4. The van der Waals surface area contributed by atoms with Crippen LogP contribution in [-0.2, 0) is 0 Å². The molecule has 17 heavy (non-hydrogen) atoms. The van der Waals surface area contributed by atoms with Crippen molar-refractivity contribution in [3.05, 3.63) is 47.2 Å². The van der Waals surface area contributed by atoms with Gasteiger partial charge in [0.15, 0.2) is 0 Å². The predicted molar refractivity (Wildman–Crippen MR) is 75.6 cm³/mol. The predicted octanol–water partition coefficient (Wildman–Crippen LogP) is 4.85. The molecule has 0 radical (unpaired) electrons. The summed E-state index contributed by atoms with van der Waals surface area (Å²) in [7, 11) is 0. The van der Waals surface area contributed by atoms with Crippen molar-refractivity contribution in [3.63, 3.8) is 0 Å². The van der Waals surface area contributed by atoms with E-state index in [9.17, 15) is 0 Å². The van der Waals surface area contributed by atoms with Gasteiger partial charge in [-0.15, -0.1) is 0 Å². The smallest absolute Gasteiger partial charge is 0.134 e. The molecule has 0 atom stereocenters. The summed E-state index contributed by atoms with van der Waals surface area (Å²) in [5.74, 6) is 0.927. The number of ether oxygens (including phenoxy) is 1. The Morgan fingerprint density at radius 1 is 1.29 bits per heavy atom. The topological polar surface area (TPSA) is 9.23 Å². The highest BCUT2D eigenvalue weighted by atomic mass is 32.1. The quantitative estimate of drug-likeness (QED) is 0.747. The minimum absolute atomic E-state index is 0.161. The molecule has 0 N–H and O–H groups in total. The highest BCUT2D eigenvalue weighted by molar-refractivity contribution is 7.08. The second-order valence-electron chi connectivity index (χ2n) is 4.11. The third-order valence-electron chi connectivity index (χ3n) is 2.45. The third kappa shape index (κ3) is 2.59. The van der Waals surface area contributed by atoms with Gasteiger partial charge >= 0.3 is 0 Å². The van der Waals surface area contributed by atoms with Crippen LogP contribution in [0.15, 0.2) is 41.6 Å². The van der Waals surface area contributed by atoms with Crippen LogP contribution in [0.4, 0.5) is 0 Å². The highest BCUT2D eigenvalue weighted by Gasteiger charge is 2.11. The van der Waals surface area contributed by atoms with Crippen LogP contribution in [0.2, 0.25) is 0 Å². The molecule has 0 bridgehead atoms. The fraction of sp³-hybridized carbons (Fsp3) is 0.200. The molecule has 0 aliphatic heterocycles. The first-order valence-corrected chi connectivity index (χ1v) is 6.61. The molecule has 2 rings (SSSR count). The number of thiophene rings is 1. The molecule has 0 fully saturated rings. The Morgan fingerprint density at radius 3 is 2.71 bits per heavy atom. The summed E-state index contributed by atoms with van der Waals surface area (Å²) in [5, 5.41) is 4.21. The molecule has 1 heterocycles. The van der Waals surface area contributed by atoms with Gasteiger partial charge in [0.2, 0.25) is 0 Å². The Morgan fingerprint density at radius 2 is 2.12 bits per heavy atom. The van der Waals surface area contributed by atoms with Gasteiger partial charge in [0.25, 0.3) is 0 Å². The van der Waals surface area contributed by atoms with E-state index in [1.54, 1.807) is 11.3 Å². The Bertz CT molecular complexity index is 498. The lowest BCUT2D eigenvalue weighted by Crippen LogP contribution is -2.07. The zero-order valence-corrected chi connectivity index (χ0v) is 11.0. The minimum atomic E-state index is 0.161. The Labute approximate surface area is 106 Å². The van der Waals surface area contributed by atoms with Crippen molar-refractivity contribution in [2.45, 2.75) is 20.0 Å². The summed E-state index contributed by atoms with van der Waals surface area (Å²) < 4.78 is 5.92. The molecule has 0 aliphatic carbocycles. The average Bonchev–Trinajstić information content (AvgIpc) is 2.82. The lowest BCUT2D eigenvalue weighted by atomic mass is 10.0. The lowest BCUT2D eigenvalue weighted by Gasteiger charge is -2.16. The number of para-hydroxylation sites is 1. The first-order chi connectivity index (χ1) is 8.22. The van der Waals surface area contributed by atoms with Crippen molar-refractivity contribution in [2.24, 2.45) is 0 Å². The summed E-state index contributed by atoms with van der Waals surface area (Å²) in [6.07, 6.45) is 2.00. The second-order valence-corrected chi connectivity index (χ2v) is 4.89. The fourth-order valence-corrected chi connectivity index (χ4v) is 2.38. The van der Waals surface area contributed by atoms with Crippen LogP contribution in [0, 0.1) is 0 Å². The van der Waals surface area contributed by atoms with Crippen LogP contribution in [-0.4, -0.2) is 6.10 Å². The molecule has 1 aromatic carbocycles. The largest absolute Gasteiger partial charge is 0.490 e. The van der Waals surface area contributed by atoms with Crippen LogP contribution in [0.25, 0.3) is 17.2 Å². The number of hydrogen-bond acceptors (Lipinski definition) is 2. The van der Waals surface area contributed by atoms with Crippen LogP contribution in [0.3, 0.4) is 0 Å². The Hall–Kier alpha value is -1.54. The van der Waals surface area contributed by atoms with Crippen LogP contribution >= 0.6 is 11.3 Å². The van der Waals surface area contributed by atoms with Crippen molar-refractivity contribution < 1.29 is 4.74 Å². The van der Waals surface area contributed by atoms with Crippen molar-refractivity contribution >= 4 is 17.4 Å². The molecule has 2 heteroatoms. The maximum absolute atomic E-state index is 5.92. The van der Waals surface area contributed by atoms with E-state index in [0.29, 0.717) is 0 Å². The van der Waals surface area contributed by atoms with Gasteiger partial charge in [-0.1, -0.05) is 30.9 Å². The molecule has 0 amide bonds. The van der Waals surface area contributed by atoms with E-state index >= 15 is 0 Å². The minimum Gasteiger partial charge on any atom is -0.490 e. The molecule has 2 aromatic rings. The Kier molecular flexibility index (Phi) is 3.64. The highest BCUT2D eigenvalue weighted by Crippen LogP contribution is 2.35. The van der Waals surface area contributed by atoms with Gasteiger partial charge in [-0.2, -0.15) is 11.3 Å². The Balaban J connectivity index is 2.54. The van der Waals surface area contributed by atoms with Gasteiger partial charge in [-0.05, 0) is 36.2 Å². The van der Waals surface area contributed by atoms with E-state index in [0.717, 1.165) is 16.9 Å². The van der Waals surface area contributed by atoms with Crippen molar-refractivity contribution in [3.8, 4) is 16.9 Å². The van der Waals surface area contributed by atoms with Crippen molar-refractivity contribution in [1.82, 2.24) is 0 Å². The van der Waals surface area contributed by atoms with E-state index in [1.165, 1.54) is 5.56 Å². The van der Waals surface area contributed by atoms with Crippen LogP contribution in [0.1, 0.15) is 19.4 Å². The normalized spacial score (nSPS) is 10.5. The van der Waals surface area contributed by atoms with E-state index < -0.39 is 0 Å². The van der Waals surface area contributed by atoms with E-state index in [4.69, 9.17) is 4.74 Å². The molecular formula is C15H16OS. The molecule has 0 saturated heterocycles. The molecule has 1 nitrogen and oxygen atoms in total. The van der Waals surface area contributed by atoms with Gasteiger partial charge < -0.3 is 4.74 Å². The first-order valence-electron chi connectivity index (χ1n) is 5.67. The van der Waals surface area contributed by atoms with Gasteiger partial charge in [0.05, 0.1) is 6.10 Å². The summed E-state index contributed by atoms with van der Waals surface area (Å²) in [5.41, 5.74) is 3.38. The SMILES string of the molecule is C=Cc1cccc(-c2ccsc2)c1OC(C)C. The summed E-state index contributed by atoms with van der Waals surface area (Å²) >= 11 is 1.69. The van der Waals surface area contributed by atoms with E-state index in [-0.39, 0.29) is 6.10 Å². The third-order valence-corrected chi connectivity index (χ3v) is 3.13. The summed E-state index contributed by atoms with van der Waals surface area (Å²) in [4.78, 5) is 0. The average molecular weight is 244 g/mol. The zero-order chi connectivity index (χ0) is 12.3. The van der Waals surface area contributed by atoms with Gasteiger partial charge in [0.1, 0.15) is 5.75 Å². The van der Waals surface area contributed by atoms with E-state index in [1.807, 2.05) is 32.1 Å². The molecule has 0 spiro atoms. The monoisotopic (exact) mass is 244 g/mol. The first kappa shape index (κ1) is 11.9. The maximum atomic E-state index is 5.92. The maximum Gasteiger partial charge on any atom is 0.134 e. The van der Waals surface area contributed by atoms with Crippen molar-refractivity contribution in [2.75, 3.05) is 0 Å². The lowest BCUT2D eigenvalue weighted by molar-refractivity contribution is 0.243. The molecule has 0 saturated carbocycles. The standard InChI is InChI=1S/C15H16OS/c1-4-12-6-5-7-14(13-8-9-17-10-13)15(12)16-11(2)3/h4-11H,1H2,2-3H3. The number of benzene rings is 1. The van der Waals surface area contributed by atoms with Crippen LogP contribution < -0.4 is 4.74 Å². The van der Waals surface area contributed by atoms with Crippen LogP contribution in [0.5, 0.6) is 5.75 Å². The van der Waals surface area contributed by atoms with E-state index in [2.05, 4.69) is 29.5 Å². The molecule has 0 unspecified atom stereocenters. The van der Waals surface area contributed by atoms with Gasteiger partial charge in [0, 0.05) is 11.1 Å². The molecule has 0 aliphatic rings. The zero-order valence-electron chi connectivity index (χ0n) is 10.1. The molecular weight excluding hydrogens is 228 g/mol. The van der Waals surface area contributed by atoms with Crippen molar-refractivity contribution in [1.29, 1.82) is 0 Å². The molecule has 88 valence electrons. The van der Waals surface area contributed by atoms with Gasteiger partial charge in [-0.25, -0.2) is 0 Å². The second kappa shape index (κ2) is 5.19. The number of hydrogen-bond donors (Lipinski definition) is 0. The fourth-order valence-electron chi connectivity index (χ4n) is 1.73.